The van der Waals surface area contributed by atoms with Crippen LogP contribution < -0.4 is 5.73 Å². The topological polar surface area (TPSA) is 26.0 Å². The second-order valence-electron chi connectivity index (χ2n) is 2.03. The minimum Gasteiger partial charge on any atom is -0.328 e. The summed E-state index contributed by atoms with van der Waals surface area (Å²) >= 11 is 3.34. The maximum absolute atomic E-state index is 5.66. The summed E-state index contributed by atoms with van der Waals surface area (Å²) in [6.45, 7) is 2.16. The van der Waals surface area contributed by atoms with Gasteiger partial charge in [0.25, 0.3) is 0 Å². The zero-order valence-corrected chi connectivity index (χ0v) is 6.95. The SMILES string of the molecule is CCC[C@@H](N)CCBr. The molecule has 0 spiro atoms. The Kier molecular flexibility index (Phi) is 5.88. The van der Waals surface area contributed by atoms with E-state index in [1.807, 2.05) is 0 Å². The van der Waals surface area contributed by atoms with Crippen LogP contribution in [0.3, 0.4) is 0 Å². The minimum atomic E-state index is 0.416. The van der Waals surface area contributed by atoms with Crippen LogP contribution >= 0.6 is 15.9 Å². The predicted octanol–water partition coefficient (Wildman–Crippen LogP) is 1.90. The molecule has 1 atom stereocenters. The zero-order chi connectivity index (χ0) is 6.41. The van der Waals surface area contributed by atoms with Crippen molar-refractivity contribution in [1.82, 2.24) is 0 Å². The maximum Gasteiger partial charge on any atom is 0.00466 e. The molecule has 0 rings (SSSR count). The van der Waals surface area contributed by atoms with Crippen LogP contribution in [-0.4, -0.2) is 11.4 Å². The Morgan fingerprint density at radius 3 is 2.50 bits per heavy atom. The molecule has 2 heteroatoms. The Hall–Kier alpha value is 0.440. The fourth-order valence-electron chi connectivity index (χ4n) is 0.655. The fraction of sp³-hybridized carbons (Fsp3) is 1.00. The molecule has 0 heterocycles. The summed E-state index contributed by atoms with van der Waals surface area (Å²) < 4.78 is 0. The van der Waals surface area contributed by atoms with E-state index in [2.05, 4.69) is 22.9 Å². The maximum atomic E-state index is 5.66. The van der Waals surface area contributed by atoms with Gasteiger partial charge in [-0.3, -0.25) is 0 Å². The molecule has 0 aliphatic heterocycles. The number of nitrogens with two attached hydrogens (primary N) is 1. The molecule has 2 N–H and O–H groups in total. The van der Waals surface area contributed by atoms with Crippen LogP contribution in [0.25, 0.3) is 0 Å². The third-order valence-corrected chi connectivity index (χ3v) is 1.60. The number of hydrogen-bond donors (Lipinski definition) is 1. The Morgan fingerprint density at radius 1 is 1.50 bits per heavy atom. The molecule has 0 aromatic heterocycles. The van der Waals surface area contributed by atoms with E-state index in [9.17, 15) is 0 Å². The lowest BCUT2D eigenvalue weighted by atomic mass is 10.1. The van der Waals surface area contributed by atoms with Crippen molar-refractivity contribution in [3.63, 3.8) is 0 Å². The van der Waals surface area contributed by atoms with Crippen molar-refractivity contribution in [2.24, 2.45) is 5.73 Å². The van der Waals surface area contributed by atoms with Crippen molar-refractivity contribution in [3.8, 4) is 0 Å². The lowest BCUT2D eigenvalue weighted by Crippen LogP contribution is -2.19. The summed E-state index contributed by atoms with van der Waals surface area (Å²) in [6, 6.07) is 0.416. The molecular formula is C6H14BrN. The zero-order valence-electron chi connectivity index (χ0n) is 5.36. The molecule has 50 valence electrons. The van der Waals surface area contributed by atoms with Crippen molar-refractivity contribution in [3.05, 3.63) is 0 Å². The Balaban J connectivity index is 2.92. The van der Waals surface area contributed by atoms with Crippen LogP contribution in [0.2, 0.25) is 0 Å². The summed E-state index contributed by atoms with van der Waals surface area (Å²) in [6.07, 6.45) is 3.47. The highest BCUT2D eigenvalue weighted by Crippen LogP contribution is 1.99. The van der Waals surface area contributed by atoms with Crippen LogP contribution in [0.1, 0.15) is 26.2 Å². The van der Waals surface area contributed by atoms with Gasteiger partial charge in [0.2, 0.25) is 0 Å². The van der Waals surface area contributed by atoms with Gasteiger partial charge in [-0.05, 0) is 12.8 Å². The molecule has 0 saturated carbocycles. The standard InChI is InChI=1S/C6H14BrN/c1-2-3-6(8)4-5-7/h6H,2-5,8H2,1H3/t6-/m1/s1. The molecule has 1 nitrogen and oxygen atoms in total. The van der Waals surface area contributed by atoms with Crippen LogP contribution in [0.4, 0.5) is 0 Å². The van der Waals surface area contributed by atoms with E-state index in [1.165, 1.54) is 6.42 Å². The van der Waals surface area contributed by atoms with E-state index >= 15 is 0 Å². The normalized spacial score (nSPS) is 13.9. The van der Waals surface area contributed by atoms with Gasteiger partial charge in [-0.25, -0.2) is 0 Å². The molecule has 0 radical (unpaired) electrons. The molecular weight excluding hydrogens is 166 g/mol. The van der Waals surface area contributed by atoms with Crippen molar-refractivity contribution >= 4 is 15.9 Å². The molecule has 0 aliphatic rings. The van der Waals surface area contributed by atoms with Crippen molar-refractivity contribution in [2.45, 2.75) is 32.2 Å². The molecule has 0 aliphatic carbocycles. The van der Waals surface area contributed by atoms with E-state index in [0.717, 1.165) is 18.2 Å². The molecule has 0 aromatic carbocycles. The van der Waals surface area contributed by atoms with Gasteiger partial charge >= 0.3 is 0 Å². The Morgan fingerprint density at radius 2 is 2.12 bits per heavy atom. The van der Waals surface area contributed by atoms with Crippen molar-refractivity contribution in [2.75, 3.05) is 5.33 Å². The molecule has 0 aromatic rings. The first-order valence-corrected chi connectivity index (χ1v) is 4.25. The Bertz CT molecular complexity index is 41.8. The monoisotopic (exact) mass is 179 g/mol. The first-order chi connectivity index (χ1) is 3.81. The van der Waals surface area contributed by atoms with Crippen LogP contribution in [0.5, 0.6) is 0 Å². The Labute approximate surface area is 59.8 Å². The first-order valence-electron chi connectivity index (χ1n) is 3.12. The minimum absolute atomic E-state index is 0.416. The molecule has 0 unspecified atom stereocenters. The summed E-state index contributed by atoms with van der Waals surface area (Å²) in [5.41, 5.74) is 5.66. The van der Waals surface area contributed by atoms with Gasteiger partial charge in [0, 0.05) is 11.4 Å². The second kappa shape index (κ2) is 5.57. The highest BCUT2D eigenvalue weighted by molar-refractivity contribution is 9.09. The average Bonchev–Trinajstić information content (AvgIpc) is 1.68. The summed E-state index contributed by atoms with van der Waals surface area (Å²) in [5, 5.41) is 1.04. The second-order valence-corrected chi connectivity index (χ2v) is 2.82. The van der Waals surface area contributed by atoms with E-state index < -0.39 is 0 Å². The van der Waals surface area contributed by atoms with Gasteiger partial charge in [-0.15, -0.1) is 0 Å². The number of rotatable bonds is 4. The van der Waals surface area contributed by atoms with Gasteiger partial charge in [-0.1, -0.05) is 29.3 Å². The van der Waals surface area contributed by atoms with Crippen LogP contribution in [0.15, 0.2) is 0 Å². The molecule has 8 heavy (non-hydrogen) atoms. The highest BCUT2D eigenvalue weighted by Gasteiger charge is 1.96. The molecule has 0 bridgehead atoms. The lowest BCUT2D eigenvalue weighted by Gasteiger charge is -2.05. The largest absolute Gasteiger partial charge is 0.328 e. The highest BCUT2D eigenvalue weighted by atomic mass is 79.9. The quantitative estimate of drug-likeness (QED) is 0.657. The fourth-order valence-corrected chi connectivity index (χ4v) is 1.24. The number of hydrogen-bond acceptors (Lipinski definition) is 1. The van der Waals surface area contributed by atoms with Gasteiger partial charge in [0.1, 0.15) is 0 Å². The lowest BCUT2D eigenvalue weighted by molar-refractivity contribution is 0.592. The van der Waals surface area contributed by atoms with Crippen LogP contribution in [-0.2, 0) is 0 Å². The number of alkyl halides is 1. The van der Waals surface area contributed by atoms with Gasteiger partial charge < -0.3 is 5.73 Å². The van der Waals surface area contributed by atoms with Crippen molar-refractivity contribution in [1.29, 1.82) is 0 Å². The molecule has 0 amide bonds. The van der Waals surface area contributed by atoms with Crippen LogP contribution in [0, 0.1) is 0 Å². The average molecular weight is 180 g/mol. The third kappa shape index (κ3) is 4.60. The molecule has 0 fully saturated rings. The van der Waals surface area contributed by atoms with Gasteiger partial charge in [-0.2, -0.15) is 0 Å². The first kappa shape index (κ1) is 8.44. The summed E-state index contributed by atoms with van der Waals surface area (Å²) in [5.74, 6) is 0. The van der Waals surface area contributed by atoms with Crippen molar-refractivity contribution < 1.29 is 0 Å². The van der Waals surface area contributed by atoms with E-state index in [4.69, 9.17) is 5.73 Å². The number of halogens is 1. The van der Waals surface area contributed by atoms with E-state index in [-0.39, 0.29) is 0 Å². The van der Waals surface area contributed by atoms with E-state index in [1.54, 1.807) is 0 Å². The predicted molar refractivity (Wildman–Crippen MR) is 41.3 cm³/mol. The summed E-state index contributed by atoms with van der Waals surface area (Å²) in [7, 11) is 0. The van der Waals surface area contributed by atoms with Gasteiger partial charge in [0.15, 0.2) is 0 Å². The van der Waals surface area contributed by atoms with E-state index in [0.29, 0.717) is 6.04 Å². The molecule has 0 saturated heterocycles. The summed E-state index contributed by atoms with van der Waals surface area (Å²) in [4.78, 5) is 0. The third-order valence-electron chi connectivity index (χ3n) is 1.14. The van der Waals surface area contributed by atoms with Gasteiger partial charge in [0.05, 0.1) is 0 Å². The smallest absolute Gasteiger partial charge is 0.00466 e.